The Hall–Kier alpha value is -2.49. The molecule has 2 rings (SSSR count). The van der Waals surface area contributed by atoms with Gasteiger partial charge in [-0.15, -0.1) is 0 Å². The van der Waals surface area contributed by atoms with Crippen LogP contribution in [0.3, 0.4) is 0 Å². The Bertz CT molecular complexity index is 636. The van der Waals surface area contributed by atoms with E-state index < -0.39 is 0 Å². The number of nitrogens with one attached hydrogen (secondary N) is 1. The Morgan fingerprint density at radius 1 is 1.16 bits per heavy atom. The third kappa shape index (κ3) is 2.85. The SMILES string of the molecule is Cc1ccc(NC(=O)c2ccc(N)c(O)c2)c(C)c1. The van der Waals surface area contributed by atoms with E-state index in [1.54, 1.807) is 6.07 Å². The third-order valence-electron chi connectivity index (χ3n) is 2.92. The van der Waals surface area contributed by atoms with Crippen LogP contribution < -0.4 is 11.1 Å². The fourth-order valence-electron chi connectivity index (χ4n) is 1.83. The van der Waals surface area contributed by atoms with Crippen LogP contribution in [0.2, 0.25) is 0 Å². The van der Waals surface area contributed by atoms with Gasteiger partial charge in [-0.3, -0.25) is 4.79 Å². The molecule has 0 saturated carbocycles. The zero-order chi connectivity index (χ0) is 14.0. The van der Waals surface area contributed by atoms with E-state index in [0.29, 0.717) is 5.56 Å². The van der Waals surface area contributed by atoms with E-state index in [4.69, 9.17) is 5.73 Å². The Labute approximate surface area is 111 Å². The van der Waals surface area contributed by atoms with Crippen molar-refractivity contribution in [3.05, 3.63) is 53.1 Å². The molecule has 0 aliphatic carbocycles. The molecule has 4 nitrogen and oxygen atoms in total. The second-order valence-corrected chi connectivity index (χ2v) is 4.55. The van der Waals surface area contributed by atoms with Crippen LogP contribution >= 0.6 is 0 Å². The highest BCUT2D eigenvalue weighted by Gasteiger charge is 2.09. The van der Waals surface area contributed by atoms with Gasteiger partial charge in [-0.2, -0.15) is 0 Å². The molecule has 2 aromatic rings. The summed E-state index contributed by atoms with van der Waals surface area (Å²) in [6, 6.07) is 10.2. The van der Waals surface area contributed by atoms with Crippen LogP contribution in [0.5, 0.6) is 5.75 Å². The van der Waals surface area contributed by atoms with Crippen molar-refractivity contribution < 1.29 is 9.90 Å². The van der Waals surface area contributed by atoms with Gasteiger partial charge in [-0.1, -0.05) is 17.7 Å². The minimum Gasteiger partial charge on any atom is -0.506 e. The first-order valence-corrected chi connectivity index (χ1v) is 5.94. The summed E-state index contributed by atoms with van der Waals surface area (Å²) in [4.78, 5) is 12.1. The van der Waals surface area contributed by atoms with Crippen molar-refractivity contribution in [2.45, 2.75) is 13.8 Å². The van der Waals surface area contributed by atoms with Crippen LogP contribution in [0, 0.1) is 13.8 Å². The van der Waals surface area contributed by atoms with Gasteiger partial charge < -0.3 is 16.2 Å². The fourth-order valence-corrected chi connectivity index (χ4v) is 1.83. The largest absolute Gasteiger partial charge is 0.506 e. The average Bonchev–Trinajstić information content (AvgIpc) is 2.36. The van der Waals surface area contributed by atoms with Crippen LogP contribution in [-0.2, 0) is 0 Å². The molecule has 19 heavy (non-hydrogen) atoms. The zero-order valence-electron chi connectivity index (χ0n) is 10.9. The summed E-state index contributed by atoms with van der Waals surface area (Å²) < 4.78 is 0. The molecule has 0 heterocycles. The molecule has 0 atom stereocenters. The minimum absolute atomic E-state index is 0.0896. The maximum Gasteiger partial charge on any atom is 0.255 e. The molecule has 4 N–H and O–H groups in total. The first-order valence-electron chi connectivity index (χ1n) is 5.94. The molecule has 0 bridgehead atoms. The maximum absolute atomic E-state index is 12.1. The van der Waals surface area contributed by atoms with Crippen molar-refractivity contribution in [1.82, 2.24) is 0 Å². The highest BCUT2D eigenvalue weighted by Crippen LogP contribution is 2.22. The number of aromatic hydroxyl groups is 1. The topological polar surface area (TPSA) is 75.4 Å². The number of amides is 1. The number of anilines is 2. The molecule has 4 heteroatoms. The van der Waals surface area contributed by atoms with Gasteiger partial charge in [0.05, 0.1) is 5.69 Å². The average molecular weight is 256 g/mol. The van der Waals surface area contributed by atoms with Gasteiger partial charge in [-0.05, 0) is 43.7 Å². The number of carbonyl (C=O) groups excluding carboxylic acids is 1. The summed E-state index contributed by atoms with van der Waals surface area (Å²) in [5, 5.41) is 12.3. The molecule has 98 valence electrons. The summed E-state index contributed by atoms with van der Waals surface area (Å²) >= 11 is 0. The van der Waals surface area contributed by atoms with E-state index in [0.717, 1.165) is 16.8 Å². The maximum atomic E-state index is 12.1. The van der Waals surface area contributed by atoms with E-state index in [9.17, 15) is 9.90 Å². The van der Waals surface area contributed by atoms with Crippen LogP contribution in [0.15, 0.2) is 36.4 Å². The van der Waals surface area contributed by atoms with Crippen molar-refractivity contribution in [1.29, 1.82) is 0 Å². The van der Waals surface area contributed by atoms with Crippen molar-refractivity contribution in [3.63, 3.8) is 0 Å². The number of nitrogen functional groups attached to an aromatic ring is 1. The number of nitrogens with two attached hydrogens (primary N) is 1. The standard InChI is InChI=1S/C15H16N2O2/c1-9-3-6-13(10(2)7-9)17-15(19)11-4-5-12(16)14(18)8-11/h3-8,18H,16H2,1-2H3,(H,17,19). The number of phenolic OH excluding ortho intramolecular Hbond substituents is 1. The number of hydrogen-bond acceptors (Lipinski definition) is 3. The van der Waals surface area contributed by atoms with Crippen LogP contribution in [0.4, 0.5) is 11.4 Å². The molecule has 0 aromatic heterocycles. The van der Waals surface area contributed by atoms with Gasteiger partial charge in [0.2, 0.25) is 0 Å². The summed E-state index contributed by atoms with van der Waals surface area (Å²) in [6.07, 6.45) is 0. The normalized spacial score (nSPS) is 10.2. The highest BCUT2D eigenvalue weighted by molar-refractivity contribution is 6.05. The van der Waals surface area contributed by atoms with E-state index in [1.165, 1.54) is 12.1 Å². The highest BCUT2D eigenvalue weighted by atomic mass is 16.3. The molecule has 0 unspecified atom stereocenters. The van der Waals surface area contributed by atoms with Crippen molar-refractivity contribution in [2.24, 2.45) is 0 Å². The van der Waals surface area contributed by atoms with Crippen LogP contribution in [-0.4, -0.2) is 11.0 Å². The smallest absolute Gasteiger partial charge is 0.255 e. The second-order valence-electron chi connectivity index (χ2n) is 4.55. The van der Waals surface area contributed by atoms with Gasteiger partial charge in [0.1, 0.15) is 5.75 Å². The van der Waals surface area contributed by atoms with Crippen molar-refractivity contribution in [2.75, 3.05) is 11.1 Å². The molecule has 1 amide bonds. The van der Waals surface area contributed by atoms with E-state index in [1.807, 2.05) is 32.0 Å². The van der Waals surface area contributed by atoms with E-state index in [2.05, 4.69) is 5.32 Å². The van der Waals surface area contributed by atoms with Crippen molar-refractivity contribution in [3.8, 4) is 5.75 Å². The third-order valence-corrected chi connectivity index (χ3v) is 2.92. The van der Waals surface area contributed by atoms with Gasteiger partial charge in [0.15, 0.2) is 0 Å². The summed E-state index contributed by atoms with van der Waals surface area (Å²) in [5.74, 6) is -0.365. The number of carbonyl (C=O) groups is 1. The Morgan fingerprint density at radius 3 is 2.53 bits per heavy atom. The minimum atomic E-state index is -0.276. The molecule has 0 fully saturated rings. The summed E-state index contributed by atoms with van der Waals surface area (Å²) in [6.45, 7) is 3.93. The van der Waals surface area contributed by atoms with Crippen LogP contribution in [0.1, 0.15) is 21.5 Å². The molecule has 0 radical (unpaired) electrons. The zero-order valence-corrected chi connectivity index (χ0v) is 10.9. The number of phenols is 1. The van der Waals surface area contributed by atoms with Gasteiger partial charge in [0, 0.05) is 11.3 Å². The molecule has 0 saturated heterocycles. The molecular formula is C15H16N2O2. The first kappa shape index (κ1) is 13.0. The van der Waals surface area contributed by atoms with Gasteiger partial charge in [0.25, 0.3) is 5.91 Å². The first-order chi connectivity index (χ1) is 8.97. The lowest BCUT2D eigenvalue weighted by molar-refractivity contribution is 0.102. The Kier molecular flexibility index (Phi) is 3.42. The molecule has 0 aliphatic heterocycles. The summed E-state index contributed by atoms with van der Waals surface area (Å²) in [7, 11) is 0. The van der Waals surface area contributed by atoms with E-state index in [-0.39, 0.29) is 17.3 Å². The molecular weight excluding hydrogens is 240 g/mol. The second kappa shape index (κ2) is 5.02. The number of hydrogen-bond donors (Lipinski definition) is 3. The monoisotopic (exact) mass is 256 g/mol. The summed E-state index contributed by atoms with van der Waals surface area (Å²) in [5.41, 5.74) is 9.01. The molecule has 2 aromatic carbocycles. The van der Waals surface area contributed by atoms with Crippen LogP contribution in [0.25, 0.3) is 0 Å². The lowest BCUT2D eigenvalue weighted by atomic mass is 10.1. The predicted octanol–water partition coefficient (Wildman–Crippen LogP) is 2.84. The Balaban J connectivity index is 2.23. The van der Waals surface area contributed by atoms with Crippen molar-refractivity contribution >= 4 is 17.3 Å². The van der Waals surface area contributed by atoms with E-state index >= 15 is 0 Å². The van der Waals surface area contributed by atoms with Gasteiger partial charge in [-0.25, -0.2) is 0 Å². The number of aryl methyl sites for hydroxylation is 2. The molecule has 0 spiro atoms. The van der Waals surface area contributed by atoms with Gasteiger partial charge >= 0.3 is 0 Å². The predicted molar refractivity (Wildman–Crippen MR) is 76.4 cm³/mol. The Morgan fingerprint density at radius 2 is 1.89 bits per heavy atom. The lowest BCUT2D eigenvalue weighted by Gasteiger charge is -2.09. The number of benzene rings is 2. The quantitative estimate of drug-likeness (QED) is 0.571. The lowest BCUT2D eigenvalue weighted by Crippen LogP contribution is -2.12. The number of rotatable bonds is 2. The molecule has 0 aliphatic rings. The fraction of sp³-hybridized carbons (Fsp3) is 0.133.